The van der Waals surface area contributed by atoms with Crippen LogP contribution in [0.5, 0.6) is 5.75 Å². The predicted molar refractivity (Wildman–Crippen MR) is 75.5 cm³/mol. The molecule has 0 aromatic heterocycles. The quantitative estimate of drug-likeness (QED) is 0.844. The van der Waals surface area contributed by atoms with Crippen LogP contribution in [-0.4, -0.2) is 60.4 Å². The summed E-state index contributed by atoms with van der Waals surface area (Å²) >= 11 is 0. The molecule has 9 heteroatoms. The highest BCUT2D eigenvalue weighted by Gasteiger charge is 2.36. The van der Waals surface area contributed by atoms with Crippen molar-refractivity contribution in [1.82, 2.24) is 9.80 Å². The van der Waals surface area contributed by atoms with E-state index in [4.69, 9.17) is 4.74 Å². The molecule has 2 aliphatic rings. The van der Waals surface area contributed by atoms with Crippen molar-refractivity contribution in [2.75, 3.05) is 26.2 Å². The van der Waals surface area contributed by atoms with Crippen molar-refractivity contribution in [3.8, 4) is 5.75 Å². The second-order valence-electron chi connectivity index (χ2n) is 5.57. The van der Waals surface area contributed by atoms with Crippen LogP contribution in [0.25, 0.3) is 0 Å². The maximum Gasteiger partial charge on any atom is 0.573 e. The fourth-order valence-corrected chi connectivity index (χ4v) is 2.90. The molecule has 1 aromatic carbocycles. The lowest BCUT2D eigenvalue weighted by molar-refractivity contribution is -0.274. The molecule has 0 aliphatic carbocycles. The standard InChI is InChI=1S/C15H15F3N2O4/c16-15(17,18)24-12-3-1-10(2-4-12)13(21)19-6-5-11(9-19)20-7-8-23-14(20)22/h1-4,11H,5-9H2. The van der Waals surface area contributed by atoms with E-state index in [0.717, 1.165) is 12.1 Å². The first-order valence-electron chi connectivity index (χ1n) is 7.42. The van der Waals surface area contributed by atoms with Gasteiger partial charge in [0.05, 0.1) is 12.6 Å². The van der Waals surface area contributed by atoms with Crippen LogP contribution in [-0.2, 0) is 4.74 Å². The molecule has 2 aliphatic heterocycles. The minimum Gasteiger partial charge on any atom is -0.448 e. The molecule has 2 heterocycles. The highest BCUT2D eigenvalue weighted by atomic mass is 19.4. The summed E-state index contributed by atoms with van der Waals surface area (Å²) in [5.41, 5.74) is 0.272. The number of rotatable bonds is 3. The molecule has 0 radical (unpaired) electrons. The van der Waals surface area contributed by atoms with Crippen molar-refractivity contribution in [1.29, 1.82) is 0 Å². The van der Waals surface area contributed by atoms with Crippen LogP contribution in [0.15, 0.2) is 24.3 Å². The monoisotopic (exact) mass is 344 g/mol. The number of carbonyl (C=O) groups excluding carboxylic acids is 2. The van der Waals surface area contributed by atoms with Gasteiger partial charge in [0.25, 0.3) is 5.91 Å². The molecule has 2 fully saturated rings. The van der Waals surface area contributed by atoms with E-state index in [9.17, 15) is 22.8 Å². The number of hydrogen-bond donors (Lipinski definition) is 0. The van der Waals surface area contributed by atoms with Gasteiger partial charge in [-0.25, -0.2) is 4.79 Å². The van der Waals surface area contributed by atoms with Gasteiger partial charge in [0.15, 0.2) is 0 Å². The number of halogens is 3. The average molecular weight is 344 g/mol. The van der Waals surface area contributed by atoms with Crippen LogP contribution < -0.4 is 4.74 Å². The van der Waals surface area contributed by atoms with E-state index >= 15 is 0 Å². The summed E-state index contributed by atoms with van der Waals surface area (Å²) in [7, 11) is 0. The van der Waals surface area contributed by atoms with E-state index in [1.807, 2.05) is 0 Å². The zero-order valence-electron chi connectivity index (χ0n) is 12.6. The molecule has 130 valence electrons. The molecular weight excluding hydrogens is 329 g/mol. The topological polar surface area (TPSA) is 59.1 Å². The van der Waals surface area contributed by atoms with Crippen LogP contribution in [0.4, 0.5) is 18.0 Å². The van der Waals surface area contributed by atoms with Crippen molar-refractivity contribution in [3.63, 3.8) is 0 Å². The molecule has 2 amide bonds. The van der Waals surface area contributed by atoms with Crippen molar-refractivity contribution in [2.45, 2.75) is 18.8 Å². The molecule has 1 unspecified atom stereocenters. The highest BCUT2D eigenvalue weighted by Crippen LogP contribution is 2.24. The Bertz CT molecular complexity index is 633. The molecule has 6 nitrogen and oxygen atoms in total. The second-order valence-corrected chi connectivity index (χ2v) is 5.57. The van der Waals surface area contributed by atoms with Crippen LogP contribution in [0.3, 0.4) is 0 Å². The van der Waals surface area contributed by atoms with Crippen molar-refractivity contribution >= 4 is 12.0 Å². The normalized spacial score (nSPS) is 21.1. The molecular formula is C15H15F3N2O4. The van der Waals surface area contributed by atoms with Gasteiger partial charge in [0.2, 0.25) is 0 Å². The maximum atomic E-state index is 12.4. The Labute approximate surface area is 135 Å². The largest absolute Gasteiger partial charge is 0.573 e. The Kier molecular flexibility index (Phi) is 4.25. The fraction of sp³-hybridized carbons (Fsp3) is 0.467. The lowest BCUT2D eigenvalue weighted by Gasteiger charge is -2.22. The van der Waals surface area contributed by atoms with Gasteiger partial charge in [-0.3, -0.25) is 9.69 Å². The van der Waals surface area contributed by atoms with Gasteiger partial charge in [0, 0.05) is 18.7 Å². The maximum absolute atomic E-state index is 12.4. The zero-order valence-corrected chi connectivity index (χ0v) is 12.6. The summed E-state index contributed by atoms with van der Waals surface area (Å²) < 4.78 is 45.1. The number of likely N-dealkylation sites (tertiary alicyclic amines) is 1. The van der Waals surface area contributed by atoms with Gasteiger partial charge in [-0.05, 0) is 30.7 Å². The number of nitrogens with zero attached hydrogens (tertiary/aromatic N) is 2. The fourth-order valence-electron chi connectivity index (χ4n) is 2.90. The zero-order chi connectivity index (χ0) is 17.3. The number of carbonyl (C=O) groups is 2. The molecule has 24 heavy (non-hydrogen) atoms. The average Bonchev–Trinajstić information content (AvgIpc) is 3.14. The van der Waals surface area contributed by atoms with Gasteiger partial charge in [-0.1, -0.05) is 0 Å². The van der Waals surface area contributed by atoms with Gasteiger partial charge in [-0.15, -0.1) is 13.2 Å². The molecule has 3 rings (SSSR count). The number of amides is 2. The summed E-state index contributed by atoms with van der Waals surface area (Å²) in [4.78, 5) is 27.2. The minimum atomic E-state index is -4.77. The first-order chi connectivity index (χ1) is 11.3. The number of benzene rings is 1. The van der Waals surface area contributed by atoms with Gasteiger partial charge >= 0.3 is 12.5 Å². The van der Waals surface area contributed by atoms with Crippen LogP contribution in [0.2, 0.25) is 0 Å². The highest BCUT2D eigenvalue weighted by molar-refractivity contribution is 5.94. The molecule has 1 atom stereocenters. The Balaban J connectivity index is 1.61. The van der Waals surface area contributed by atoms with Gasteiger partial charge in [0.1, 0.15) is 12.4 Å². The Morgan fingerprint density at radius 2 is 1.92 bits per heavy atom. The molecule has 1 aromatic rings. The summed E-state index contributed by atoms with van der Waals surface area (Å²) in [6.45, 7) is 1.72. The van der Waals surface area contributed by atoms with E-state index in [-0.39, 0.29) is 29.4 Å². The molecule has 0 bridgehead atoms. The lowest BCUT2D eigenvalue weighted by atomic mass is 10.2. The number of alkyl halides is 3. The van der Waals surface area contributed by atoms with Crippen molar-refractivity contribution in [3.05, 3.63) is 29.8 Å². The number of cyclic esters (lactones) is 1. The second kappa shape index (κ2) is 6.21. The summed E-state index contributed by atoms with van der Waals surface area (Å²) in [6, 6.07) is 4.71. The Morgan fingerprint density at radius 3 is 2.50 bits per heavy atom. The third-order valence-electron chi connectivity index (χ3n) is 4.02. The van der Waals surface area contributed by atoms with Crippen molar-refractivity contribution < 1.29 is 32.2 Å². The van der Waals surface area contributed by atoms with E-state index in [2.05, 4.69) is 4.74 Å². The van der Waals surface area contributed by atoms with E-state index in [0.29, 0.717) is 32.7 Å². The summed E-state index contributed by atoms with van der Waals surface area (Å²) in [6.07, 6.45) is -4.49. The smallest absolute Gasteiger partial charge is 0.448 e. The predicted octanol–water partition coefficient (Wildman–Crippen LogP) is 2.25. The minimum absolute atomic E-state index is 0.0863. The van der Waals surface area contributed by atoms with Crippen LogP contribution in [0.1, 0.15) is 16.8 Å². The van der Waals surface area contributed by atoms with E-state index < -0.39 is 6.36 Å². The van der Waals surface area contributed by atoms with Crippen molar-refractivity contribution in [2.24, 2.45) is 0 Å². The van der Waals surface area contributed by atoms with E-state index in [1.165, 1.54) is 12.1 Å². The van der Waals surface area contributed by atoms with Gasteiger partial charge < -0.3 is 14.4 Å². The molecule has 0 saturated carbocycles. The molecule has 2 saturated heterocycles. The Morgan fingerprint density at radius 1 is 1.21 bits per heavy atom. The summed E-state index contributed by atoms with van der Waals surface area (Å²) in [5.74, 6) is -0.665. The summed E-state index contributed by atoms with van der Waals surface area (Å²) in [5, 5.41) is 0. The third kappa shape index (κ3) is 3.55. The third-order valence-corrected chi connectivity index (χ3v) is 4.02. The Hall–Kier alpha value is -2.45. The van der Waals surface area contributed by atoms with E-state index in [1.54, 1.807) is 9.80 Å². The first kappa shape index (κ1) is 16.4. The SMILES string of the molecule is O=C(c1ccc(OC(F)(F)F)cc1)N1CCC(N2CCOC2=O)C1. The van der Waals surface area contributed by atoms with Crippen LogP contribution in [0, 0.1) is 0 Å². The molecule has 0 N–H and O–H groups in total. The first-order valence-corrected chi connectivity index (χ1v) is 7.42. The van der Waals surface area contributed by atoms with Crippen LogP contribution >= 0.6 is 0 Å². The number of ether oxygens (including phenoxy) is 2. The van der Waals surface area contributed by atoms with Gasteiger partial charge in [-0.2, -0.15) is 0 Å². The number of hydrogen-bond acceptors (Lipinski definition) is 4. The molecule has 0 spiro atoms. The lowest BCUT2D eigenvalue weighted by Crippen LogP contribution is -2.39.